The van der Waals surface area contributed by atoms with Crippen molar-refractivity contribution in [1.82, 2.24) is 9.55 Å². The van der Waals surface area contributed by atoms with Gasteiger partial charge in [-0.2, -0.15) is 0 Å². The van der Waals surface area contributed by atoms with Crippen LogP contribution >= 0.6 is 11.3 Å². The number of anilines is 1. The number of phenols is 1. The number of nitrogens with two attached hydrogens (primary N) is 1. The van der Waals surface area contributed by atoms with Crippen LogP contribution in [0.4, 0.5) is 5.69 Å². The summed E-state index contributed by atoms with van der Waals surface area (Å²) in [5.74, 6) is -1.23. The van der Waals surface area contributed by atoms with Gasteiger partial charge in [0.15, 0.2) is 5.43 Å². The molecule has 27 heavy (non-hydrogen) atoms. The number of fused-ring (bicyclic) bond motifs is 1. The number of carbonyl (C=O) groups is 1. The molecule has 0 aliphatic heterocycles. The number of aromatic nitrogens is 2. The lowest BCUT2D eigenvalue weighted by Gasteiger charge is -2.13. The highest BCUT2D eigenvalue weighted by atomic mass is 32.1. The predicted molar refractivity (Wildman–Crippen MR) is 104 cm³/mol. The summed E-state index contributed by atoms with van der Waals surface area (Å²) in [5, 5.41) is 19.4. The van der Waals surface area contributed by atoms with Gasteiger partial charge in [0.05, 0.1) is 15.9 Å². The molecule has 0 spiro atoms. The van der Waals surface area contributed by atoms with Crippen LogP contribution in [0.1, 0.15) is 10.4 Å². The Labute approximate surface area is 156 Å². The van der Waals surface area contributed by atoms with E-state index in [1.54, 1.807) is 34.9 Å². The third-order valence-corrected chi connectivity index (χ3v) is 5.08. The molecule has 4 rings (SSSR count). The largest absolute Gasteiger partial charge is 0.508 e. The van der Waals surface area contributed by atoms with Crippen molar-refractivity contribution in [2.24, 2.45) is 0 Å². The Morgan fingerprint density at radius 2 is 1.85 bits per heavy atom. The average Bonchev–Trinajstić information content (AvgIpc) is 3.05. The summed E-state index contributed by atoms with van der Waals surface area (Å²) in [6.07, 6.45) is 1.27. The molecule has 4 aromatic rings. The van der Waals surface area contributed by atoms with Crippen molar-refractivity contribution >= 4 is 33.2 Å². The highest BCUT2D eigenvalue weighted by Crippen LogP contribution is 2.32. The van der Waals surface area contributed by atoms with Gasteiger partial charge in [-0.3, -0.25) is 4.79 Å². The first-order valence-corrected chi connectivity index (χ1v) is 8.70. The Bertz CT molecular complexity index is 1240. The Morgan fingerprint density at radius 3 is 2.56 bits per heavy atom. The summed E-state index contributed by atoms with van der Waals surface area (Å²) in [4.78, 5) is 28.2. The molecule has 0 fully saturated rings. The SMILES string of the molecule is Nc1ccc2nc(-c3cc(=O)c(C(=O)O)cn3-c3ccc(O)cc3)sc2c1. The minimum Gasteiger partial charge on any atom is -0.508 e. The van der Waals surface area contributed by atoms with Crippen molar-refractivity contribution in [3.05, 3.63) is 70.5 Å². The molecule has 2 heterocycles. The second-order valence-corrected chi connectivity index (χ2v) is 6.90. The number of carboxylic acid groups (broad SMARTS) is 1. The molecule has 0 radical (unpaired) electrons. The van der Waals surface area contributed by atoms with Crippen LogP contribution in [-0.4, -0.2) is 25.7 Å². The van der Waals surface area contributed by atoms with E-state index in [2.05, 4.69) is 4.98 Å². The topological polar surface area (TPSA) is 118 Å². The fraction of sp³-hybridized carbons (Fsp3) is 0. The number of hydrogen-bond donors (Lipinski definition) is 3. The molecule has 2 aromatic heterocycles. The van der Waals surface area contributed by atoms with Crippen molar-refractivity contribution in [3.8, 4) is 22.1 Å². The summed E-state index contributed by atoms with van der Waals surface area (Å²) in [6.45, 7) is 0. The third-order valence-electron chi connectivity index (χ3n) is 4.04. The zero-order valence-corrected chi connectivity index (χ0v) is 14.6. The maximum absolute atomic E-state index is 12.3. The van der Waals surface area contributed by atoms with Crippen molar-refractivity contribution in [1.29, 1.82) is 0 Å². The summed E-state index contributed by atoms with van der Waals surface area (Å²) in [5.41, 5.74) is 7.24. The van der Waals surface area contributed by atoms with E-state index in [-0.39, 0.29) is 11.3 Å². The summed E-state index contributed by atoms with van der Waals surface area (Å²) in [7, 11) is 0. The van der Waals surface area contributed by atoms with Crippen LogP contribution in [0.3, 0.4) is 0 Å². The molecule has 0 amide bonds. The van der Waals surface area contributed by atoms with Gasteiger partial charge in [-0.05, 0) is 42.5 Å². The van der Waals surface area contributed by atoms with Gasteiger partial charge < -0.3 is 20.5 Å². The highest BCUT2D eigenvalue weighted by Gasteiger charge is 2.17. The minimum absolute atomic E-state index is 0.0789. The lowest BCUT2D eigenvalue weighted by molar-refractivity contribution is 0.0695. The molecule has 0 unspecified atom stereocenters. The number of phenolic OH excluding ortho intramolecular Hbond substituents is 1. The van der Waals surface area contributed by atoms with E-state index >= 15 is 0 Å². The second kappa shape index (κ2) is 6.26. The number of hydrogen-bond acceptors (Lipinski definition) is 6. The number of aromatic carboxylic acids is 1. The van der Waals surface area contributed by atoms with E-state index in [1.807, 2.05) is 0 Å². The summed E-state index contributed by atoms with van der Waals surface area (Å²) >= 11 is 1.35. The average molecular weight is 379 g/mol. The van der Waals surface area contributed by atoms with Gasteiger partial charge in [-0.15, -0.1) is 11.3 Å². The first-order chi connectivity index (χ1) is 12.9. The number of benzene rings is 2. The van der Waals surface area contributed by atoms with Crippen LogP contribution in [0.15, 0.2) is 59.5 Å². The second-order valence-electron chi connectivity index (χ2n) is 5.87. The first-order valence-electron chi connectivity index (χ1n) is 7.88. The van der Waals surface area contributed by atoms with Crippen LogP contribution < -0.4 is 11.2 Å². The third kappa shape index (κ3) is 3.02. The Kier molecular flexibility index (Phi) is 3.89. The summed E-state index contributed by atoms with van der Waals surface area (Å²) in [6, 6.07) is 12.8. The van der Waals surface area contributed by atoms with E-state index in [0.29, 0.717) is 22.1 Å². The van der Waals surface area contributed by atoms with Crippen molar-refractivity contribution in [3.63, 3.8) is 0 Å². The standard InChI is InChI=1S/C19H13N3O4S/c20-10-1-6-14-17(7-10)27-18(21-14)15-8-16(24)13(19(25)26)9-22(15)11-2-4-12(23)5-3-11/h1-9,23H,20H2,(H,25,26). The smallest absolute Gasteiger partial charge is 0.341 e. The van der Waals surface area contributed by atoms with E-state index in [0.717, 1.165) is 10.2 Å². The van der Waals surface area contributed by atoms with Gasteiger partial charge >= 0.3 is 5.97 Å². The van der Waals surface area contributed by atoms with Crippen molar-refractivity contribution < 1.29 is 15.0 Å². The van der Waals surface area contributed by atoms with E-state index < -0.39 is 11.4 Å². The van der Waals surface area contributed by atoms with Gasteiger partial charge in [0.2, 0.25) is 0 Å². The number of thiazole rings is 1. The summed E-state index contributed by atoms with van der Waals surface area (Å²) < 4.78 is 2.43. The maximum Gasteiger partial charge on any atom is 0.341 e. The number of nitrogens with zero attached hydrogens (tertiary/aromatic N) is 2. The van der Waals surface area contributed by atoms with Gasteiger partial charge in [-0.1, -0.05) is 0 Å². The van der Waals surface area contributed by atoms with Crippen LogP contribution in [0.2, 0.25) is 0 Å². The molecule has 0 atom stereocenters. The highest BCUT2D eigenvalue weighted by molar-refractivity contribution is 7.21. The Morgan fingerprint density at radius 1 is 1.11 bits per heavy atom. The lowest BCUT2D eigenvalue weighted by Crippen LogP contribution is -2.18. The fourth-order valence-electron chi connectivity index (χ4n) is 2.74. The fourth-order valence-corrected chi connectivity index (χ4v) is 3.76. The molecule has 7 nitrogen and oxygen atoms in total. The Hall–Kier alpha value is -3.65. The molecule has 0 aliphatic carbocycles. The Balaban J connectivity index is 2.00. The molecule has 4 N–H and O–H groups in total. The number of rotatable bonds is 3. The quantitative estimate of drug-likeness (QED) is 0.471. The monoisotopic (exact) mass is 379 g/mol. The van der Waals surface area contributed by atoms with Crippen LogP contribution in [0.25, 0.3) is 26.6 Å². The van der Waals surface area contributed by atoms with Crippen molar-refractivity contribution in [2.75, 3.05) is 5.73 Å². The van der Waals surface area contributed by atoms with Crippen molar-refractivity contribution in [2.45, 2.75) is 0 Å². The van der Waals surface area contributed by atoms with Crippen LogP contribution in [-0.2, 0) is 0 Å². The van der Waals surface area contributed by atoms with Gasteiger partial charge in [0.1, 0.15) is 16.3 Å². The zero-order chi connectivity index (χ0) is 19.1. The number of nitrogen functional groups attached to an aromatic ring is 1. The van der Waals surface area contributed by atoms with E-state index in [1.165, 1.54) is 35.7 Å². The lowest BCUT2D eigenvalue weighted by atomic mass is 10.2. The number of pyridine rings is 1. The van der Waals surface area contributed by atoms with E-state index in [9.17, 15) is 19.8 Å². The molecule has 0 saturated heterocycles. The molecule has 0 saturated carbocycles. The molecule has 134 valence electrons. The van der Waals surface area contributed by atoms with Gasteiger partial charge in [-0.25, -0.2) is 9.78 Å². The van der Waals surface area contributed by atoms with Crippen LogP contribution in [0.5, 0.6) is 5.75 Å². The zero-order valence-electron chi connectivity index (χ0n) is 13.8. The normalized spacial score (nSPS) is 11.0. The molecule has 0 aliphatic rings. The maximum atomic E-state index is 12.3. The number of aromatic hydroxyl groups is 1. The molecular weight excluding hydrogens is 366 g/mol. The van der Waals surface area contributed by atoms with Gasteiger partial charge in [0, 0.05) is 23.6 Å². The minimum atomic E-state index is -1.31. The number of carboxylic acids is 1. The van der Waals surface area contributed by atoms with Gasteiger partial charge in [0.25, 0.3) is 0 Å². The molecular formula is C19H13N3O4S. The first kappa shape index (κ1) is 16.8. The predicted octanol–water partition coefficient (Wildman–Crippen LogP) is 3.10. The molecule has 8 heteroatoms. The van der Waals surface area contributed by atoms with Crippen LogP contribution in [0, 0.1) is 0 Å². The molecule has 2 aromatic carbocycles. The molecule has 0 bridgehead atoms. The van der Waals surface area contributed by atoms with E-state index in [4.69, 9.17) is 5.73 Å².